The highest BCUT2D eigenvalue weighted by atomic mass is 32.2. The summed E-state index contributed by atoms with van der Waals surface area (Å²) >= 11 is 0. The summed E-state index contributed by atoms with van der Waals surface area (Å²) in [4.78, 5) is 13.5. The quantitative estimate of drug-likeness (QED) is 0.757. The third-order valence-electron chi connectivity index (χ3n) is 3.00. The lowest BCUT2D eigenvalue weighted by Crippen LogP contribution is -2.39. The maximum Gasteiger partial charge on any atom is 0.241 e. The van der Waals surface area contributed by atoms with Crippen molar-refractivity contribution in [2.75, 3.05) is 19.6 Å². The van der Waals surface area contributed by atoms with E-state index in [9.17, 15) is 13.2 Å². The Morgan fingerprint density at radius 2 is 1.75 bits per heavy atom. The molecule has 0 aliphatic carbocycles. The Bertz CT molecular complexity index is 536. The number of carbonyl (C=O) groups excluding carboxylic acids is 1. The van der Waals surface area contributed by atoms with Crippen molar-refractivity contribution in [2.24, 2.45) is 5.73 Å². The zero-order valence-electron chi connectivity index (χ0n) is 11.8. The lowest BCUT2D eigenvalue weighted by Gasteiger charge is -2.18. The molecule has 1 rings (SSSR count). The van der Waals surface area contributed by atoms with Crippen molar-refractivity contribution in [3.8, 4) is 0 Å². The molecule has 0 aromatic heterocycles. The van der Waals surface area contributed by atoms with E-state index in [0.717, 1.165) is 5.56 Å². The lowest BCUT2D eigenvalue weighted by atomic mass is 10.2. The molecule has 0 radical (unpaired) electrons. The minimum Gasteiger partial charge on any atom is -0.342 e. The van der Waals surface area contributed by atoms with Gasteiger partial charge in [-0.3, -0.25) is 4.79 Å². The Kier molecular flexibility index (Phi) is 6.12. The van der Waals surface area contributed by atoms with Gasteiger partial charge in [0.2, 0.25) is 15.9 Å². The van der Waals surface area contributed by atoms with Crippen molar-refractivity contribution in [1.82, 2.24) is 9.62 Å². The van der Waals surface area contributed by atoms with E-state index < -0.39 is 10.0 Å². The summed E-state index contributed by atoms with van der Waals surface area (Å²) in [6, 6.07) is 6.26. The van der Waals surface area contributed by atoms with Crippen LogP contribution in [0.2, 0.25) is 0 Å². The fourth-order valence-electron chi connectivity index (χ4n) is 1.73. The number of carbonyl (C=O) groups is 1. The summed E-state index contributed by atoms with van der Waals surface area (Å²) in [6.45, 7) is 4.93. The Hall–Kier alpha value is -1.44. The van der Waals surface area contributed by atoms with Crippen LogP contribution in [0.4, 0.5) is 0 Å². The van der Waals surface area contributed by atoms with Crippen molar-refractivity contribution < 1.29 is 13.2 Å². The molecule has 0 spiro atoms. The predicted octanol–water partition coefficient (Wildman–Crippen LogP) is 0.292. The molecule has 20 heavy (non-hydrogen) atoms. The molecule has 7 heteroatoms. The van der Waals surface area contributed by atoms with Crippen LogP contribution in [-0.2, 0) is 21.4 Å². The van der Waals surface area contributed by atoms with Crippen LogP contribution in [0.25, 0.3) is 0 Å². The smallest absolute Gasteiger partial charge is 0.241 e. The van der Waals surface area contributed by atoms with Gasteiger partial charge in [0.05, 0.1) is 11.4 Å². The first kappa shape index (κ1) is 16.6. The number of nitrogens with two attached hydrogens (primary N) is 1. The molecule has 0 saturated carbocycles. The number of nitrogens with zero attached hydrogens (tertiary/aromatic N) is 1. The van der Waals surface area contributed by atoms with E-state index >= 15 is 0 Å². The molecule has 1 aromatic rings. The number of hydrogen-bond acceptors (Lipinski definition) is 4. The zero-order chi connectivity index (χ0) is 15.2. The fraction of sp³-hybridized carbons (Fsp3) is 0.462. The minimum absolute atomic E-state index is 0.127. The van der Waals surface area contributed by atoms with E-state index in [1.165, 1.54) is 12.1 Å². The number of amides is 1. The first-order chi connectivity index (χ1) is 9.44. The van der Waals surface area contributed by atoms with Gasteiger partial charge in [0.1, 0.15) is 0 Å². The van der Waals surface area contributed by atoms with Crippen LogP contribution in [0.15, 0.2) is 29.2 Å². The van der Waals surface area contributed by atoms with Gasteiger partial charge in [0.15, 0.2) is 0 Å². The van der Waals surface area contributed by atoms with Crippen molar-refractivity contribution in [3.63, 3.8) is 0 Å². The second-order valence-electron chi connectivity index (χ2n) is 4.24. The second kappa shape index (κ2) is 7.37. The van der Waals surface area contributed by atoms with Gasteiger partial charge in [-0.2, -0.15) is 0 Å². The number of hydrogen-bond donors (Lipinski definition) is 2. The minimum atomic E-state index is -3.67. The van der Waals surface area contributed by atoms with Gasteiger partial charge < -0.3 is 10.6 Å². The molecule has 3 N–H and O–H groups in total. The van der Waals surface area contributed by atoms with E-state index in [2.05, 4.69) is 4.72 Å². The van der Waals surface area contributed by atoms with Crippen LogP contribution in [0.1, 0.15) is 19.4 Å². The van der Waals surface area contributed by atoms with Gasteiger partial charge in [0.25, 0.3) is 0 Å². The molecule has 6 nitrogen and oxygen atoms in total. The SMILES string of the molecule is CCN(CC)C(=O)CNS(=O)(=O)c1ccc(CN)cc1. The number of benzene rings is 1. The number of nitrogens with one attached hydrogen (secondary N) is 1. The van der Waals surface area contributed by atoms with Crippen molar-refractivity contribution in [3.05, 3.63) is 29.8 Å². The highest BCUT2D eigenvalue weighted by Crippen LogP contribution is 2.10. The van der Waals surface area contributed by atoms with Crippen molar-refractivity contribution in [2.45, 2.75) is 25.3 Å². The molecule has 0 aliphatic rings. The van der Waals surface area contributed by atoms with Crippen LogP contribution >= 0.6 is 0 Å². The topological polar surface area (TPSA) is 92.5 Å². The number of rotatable bonds is 7. The maximum absolute atomic E-state index is 12.0. The van der Waals surface area contributed by atoms with Gasteiger partial charge in [0, 0.05) is 19.6 Å². The van der Waals surface area contributed by atoms with E-state index in [4.69, 9.17) is 5.73 Å². The van der Waals surface area contributed by atoms with Gasteiger partial charge in [-0.25, -0.2) is 13.1 Å². The molecule has 0 saturated heterocycles. The molecule has 0 fully saturated rings. The van der Waals surface area contributed by atoms with Crippen molar-refractivity contribution >= 4 is 15.9 Å². The molecule has 112 valence electrons. The van der Waals surface area contributed by atoms with Gasteiger partial charge in [-0.15, -0.1) is 0 Å². The normalized spacial score (nSPS) is 11.3. The van der Waals surface area contributed by atoms with E-state index in [0.29, 0.717) is 19.6 Å². The molecule has 1 amide bonds. The van der Waals surface area contributed by atoms with E-state index in [-0.39, 0.29) is 17.3 Å². The maximum atomic E-state index is 12.0. The van der Waals surface area contributed by atoms with Gasteiger partial charge in [-0.05, 0) is 31.5 Å². The number of sulfonamides is 1. The van der Waals surface area contributed by atoms with E-state index in [1.807, 2.05) is 13.8 Å². The van der Waals surface area contributed by atoms with Crippen LogP contribution in [0.5, 0.6) is 0 Å². The molecular weight excluding hydrogens is 278 g/mol. The van der Waals surface area contributed by atoms with Gasteiger partial charge in [-0.1, -0.05) is 12.1 Å². The summed E-state index contributed by atoms with van der Waals surface area (Å²) in [5, 5.41) is 0. The van der Waals surface area contributed by atoms with Crippen LogP contribution in [-0.4, -0.2) is 38.9 Å². The molecule has 0 unspecified atom stereocenters. The molecule has 0 aliphatic heterocycles. The van der Waals surface area contributed by atoms with Crippen LogP contribution in [0.3, 0.4) is 0 Å². The Morgan fingerprint density at radius 1 is 1.20 bits per heavy atom. The van der Waals surface area contributed by atoms with E-state index in [1.54, 1.807) is 17.0 Å². The Morgan fingerprint density at radius 3 is 2.20 bits per heavy atom. The number of likely N-dealkylation sites (N-methyl/N-ethyl adjacent to an activating group) is 1. The fourth-order valence-corrected chi connectivity index (χ4v) is 2.71. The zero-order valence-corrected chi connectivity index (χ0v) is 12.6. The molecule has 0 heterocycles. The molecule has 0 bridgehead atoms. The standard InChI is InChI=1S/C13H21N3O3S/c1-3-16(4-2)13(17)10-15-20(18,19)12-7-5-11(9-14)6-8-12/h5-8,15H,3-4,9-10,14H2,1-2H3. The third-order valence-corrected chi connectivity index (χ3v) is 4.42. The van der Waals surface area contributed by atoms with Crippen molar-refractivity contribution in [1.29, 1.82) is 0 Å². The summed E-state index contributed by atoms with van der Waals surface area (Å²) in [6.07, 6.45) is 0. The summed E-state index contributed by atoms with van der Waals surface area (Å²) in [5.41, 5.74) is 6.31. The monoisotopic (exact) mass is 299 g/mol. The highest BCUT2D eigenvalue weighted by molar-refractivity contribution is 7.89. The van der Waals surface area contributed by atoms with Crippen LogP contribution in [0, 0.1) is 0 Å². The summed E-state index contributed by atoms with van der Waals surface area (Å²) < 4.78 is 26.4. The third kappa shape index (κ3) is 4.29. The first-order valence-electron chi connectivity index (χ1n) is 6.51. The summed E-state index contributed by atoms with van der Waals surface area (Å²) in [5.74, 6) is -0.239. The highest BCUT2D eigenvalue weighted by Gasteiger charge is 2.17. The molecule has 0 atom stereocenters. The Balaban J connectivity index is 2.72. The largest absolute Gasteiger partial charge is 0.342 e. The Labute approximate surface area is 120 Å². The average Bonchev–Trinajstić information content (AvgIpc) is 2.46. The lowest BCUT2D eigenvalue weighted by molar-refractivity contribution is -0.129. The first-order valence-corrected chi connectivity index (χ1v) is 7.99. The molecule has 1 aromatic carbocycles. The average molecular weight is 299 g/mol. The second-order valence-corrected chi connectivity index (χ2v) is 6.01. The predicted molar refractivity (Wildman–Crippen MR) is 77.4 cm³/mol. The summed E-state index contributed by atoms with van der Waals surface area (Å²) in [7, 11) is -3.67. The van der Waals surface area contributed by atoms with Crippen LogP contribution < -0.4 is 10.5 Å². The van der Waals surface area contributed by atoms with Gasteiger partial charge >= 0.3 is 0 Å². The molecular formula is C13H21N3O3S.